The van der Waals surface area contributed by atoms with E-state index in [1.165, 1.54) is 0 Å². The van der Waals surface area contributed by atoms with E-state index in [-0.39, 0.29) is 32.3 Å². The maximum absolute atomic E-state index is 9.86. The van der Waals surface area contributed by atoms with Crippen LogP contribution in [-0.4, -0.2) is 18.0 Å². The van der Waals surface area contributed by atoms with Crippen molar-refractivity contribution in [2.24, 2.45) is 5.73 Å². The summed E-state index contributed by atoms with van der Waals surface area (Å²) in [6, 6.07) is -1.21. The summed E-state index contributed by atoms with van der Waals surface area (Å²) >= 11 is 0. The first-order valence-electron chi connectivity index (χ1n) is 2.70. The van der Waals surface area contributed by atoms with Crippen LogP contribution in [0.4, 0.5) is 0 Å². The molecular weight excluding hydrogens is 203 g/mol. The number of carboxylic acids is 2. The van der Waals surface area contributed by atoms with E-state index in [9.17, 15) is 19.8 Å². The molecule has 11 heavy (non-hydrogen) atoms. The van der Waals surface area contributed by atoms with E-state index >= 15 is 0 Å². The Balaban J connectivity index is 0. The number of carbonyl (C=O) groups is 2. The molecular formula is C5H7NO4Zn. The van der Waals surface area contributed by atoms with Crippen LogP contribution >= 0.6 is 0 Å². The summed E-state index contributed by atoms with van der Waals surface area (Å²) in [5, 5.41) is 19.6. The molecule has 0 heterocycles. The standard InChI is InChI=1S/C5H9NO4.Zn/c6-3(5(9)10)1-2-4(7)8;/h3H,1-2,6H2,(H,7,8)(H,9,10);/q;+2/p-2/t3-;/m0./s1. The minimum Gasteiger partial charge on any atom is -0.550 e. The van der Waals surface area contributed by atoms with Gasteiger partial charge in [-0.05, 0) is 12.8 Å². The number of hydrogen-bond donors (Lipinski definition) is 1. The van der Waals surface area contributed by atoms with Gasteiger partial charge in [-0.3, -0.25) is 0 Å². The van der Waals surface area contributed by atoms with Gasteiger partial charge in [0.2, 0.25) is 0 Å². The molecule has 0 saturated heterocycles. The third-order valence-corrected chi connectivity index (χ3v) is 0.962. The Labute approximate surface area is 76.3 Å². The molecule has 0 radical (unpaired) electrons. The van der Waals surface area contributed by atoms with Crippen LogP contribution in [-0.2, 0) is 29.1 Å². The van der Waals surface area contributed by atoms with Gasteiger partial charge in [0.1, 0.15) is 0 Å². The second-order valence-corrected chi connectivity index (χ2v) is 1.84. The van der Waals surface area contributed by atoms with Gasteiger partial charge >= 0.3 is 19.5 Å². The van der Waals surface area contributed by atoms with Crippen LogP contribution < -0.4 is 15.9 Å². The average molecular weight is 211 g/mol. The molecule has 0 aliphatic carbocycles. The zero-order valence-electron chi connectivity index (χ0n) is 5.91. The summed E-state index contributed by atoms with van der Waals surface area (Å²) in [5.74, 6) is -2.75. The quantitative estimate of drug-likeness (QED) is 0.487. The summed E-state index contributed by atoms with van der Waals surface area (Å²) in [5.41, 5.74) is 4.91. The maximum Gasteiger partial charge on any atom is 2.00 e. The molecule has 0 unspecified atom stereocenters. The molecule has 0 aromatic rings. The molecule has 0 spiro atoms. The minimum absolute atomic E-state index is 0. The molecule has 0 amide bonds. The number of aliphatic carboxylic acids is 2. The van der Waals surface area contributed by atoms with Crippen molar-refractivity contribution < 1.29 is 39.3 Å². The normalized spacial score (nSPS) is 11.4. The average Bonchev–Trinajstić information content (AvgIpc) is 1.82. The predicted molar refractivity (Wildman–Crippen MR) is 27.2 cm³/mol. The molecule has 0 aromatic carbocycles. The molecule has 0 saturated carbocycles. The van der Waals surface area contributed by atoms with E-state index in [1.807, 2.05) is 0 Å². The van der Waals surface area contributed by atoms with Gasteiger partial charge in [0.15, 0.2) is 0 Å². The largest absolute Gasteiger partial charge is 2.00 e. The second-order valence-electron chi connectivity index (χ2n) is 1.84. The Morgan fingerprint density at radius 3 is 2.09 bits per heavy atom. The molecule has 0 bridgehead atoms. The molecule has 2 N–H and O–H groups in total. The zero-order chi connectivity index (χ0) is 8.15. The third kappa shape index (κ3) is 7.42. The topological polar surface area (TPSA) is 106 Å². The van der Waals surface area contributed by atoms with E-state index < -0.39 is 18.0 Å². The van der Waals surface area contributed by atoms with Crippen LogP contribution in [0, 0.1) is 0 Å². The number of nitrogens with two attached hydrogens (primary N) is 1. The van der Waals surface area contributed by atoms with Crippen molar-refractivity contribution in [1.82, 2.24) is 0 Å². The van der Waals surface area contributed by atoms with Gasteiger partial charge in [-0.2, -0.15) is 0 Å². The Bertz CT molecular complexity index is 149. The molecule has 5 nitrogen and oxygen atoms in total. The Hall–Kier alpha value is -0.477. The van der Waals surface area contributed by atoms with E-state index in [1.54, 1.807) is 0 Å². The van der Waals surface area contributed by atoms with E-state index in [4.69, 9.17) is 5.73 Å². The SMILES string of the molecule is N[C@@H](CCC(=O)[O-])C(=O)[O-].[Zn+2]. The Kier molecular flexibility index (Phi) is 7.46. The number of carboxylic acid groups (broad SMARTS) is 2. The van der Waals surface area contributed by atoms with E-state index in [0.29, 0.717) is 0 Å². The summed E-state index contributed by atoms with van der Waals surface area (Å²) in [6.07, 6.45) is -0.500. The van der Waals surface area contributed by atoms with Gasteiger partial charge in [-0.15, -0.1) is 0 Å². The monoisotopic (exact) mass is 209 g/mol. The summed E-state index contributed by atoms with van der Waals surface area (Å²) in [4.78, 5) is 19.6. The van der Waals surface area contributed by atoms with Crippen LogP contribution in [0.2, 0.25) is 0 Å². The first-order valence-corrected chi connectivity index (χ1v) is 2.70. The van der Waals surface area contributed by atoms with Gasteiger partial charge in [-0.25, -0.2) is 0 Å². The van der Waals surface area contributed by atoms with Gasteiger partial charge < -0.3 is 25.5 Å². The van der Waals surface area contributed by atoms with Crippen LogP contribution in [0.1, 0.15) is 12.8 Å². The molecule has 1 atom stereocenters. The summed E-state index contributed by atoms with van der Waals surface area (Å²) in [7, 11) is 0. The third-order valence-electron chi connectivity index (χ3n) is 0.962. The predicted octanol–water partition coefficient (Wildman–Crippen LogP) is -3.41. The fraction of sp³-hybridized carbons (Fsp3) is 0.600. The van der Waals surface area contributed by atoms with Crippen molar-refractivity contribution >= 4 is 11.9 Å². The molecule has 0 fully saturated rings. The van der Waals surface area contributed by atoms with Crippen LogP contribution in [0.5, 0.6) is 0 Å². The summed E-state index contributed by atoms with van der Waals surface area (Å²) in [6.45, 7) is 0. The first kappa shape index (κ1) is 13.1. The fourth-order valence-corrected chi connectivity index (χ4v) is 0.391. The van der Waals surface area contributed by atoms with Crippen molar-refractivity contribution in [1.29, 1.82) is 0 Å². The molecule has 6 heteroatoms. The molecule has 0 aromatic heterocycles. The van der Waals surface area contributed by atoms with E-state index in [2.05, 4.69) is 0 Å². The van der Waals surface area contributed by atoms with Crippen molar-refractivity contribution in [2.75, 3.05) is 0 Å². The van der Waals surface area contributed by atoms with Gasteiger partial charge in [-0.1, -0.05) is 0 Å². The number of hydrogen-bond acceptors (Lipinski definition) is 5. The number of carbonyl (C=O) groups excluding carboxylic acids is 2. The van der Waals surface area contributed by atoms with Crippen molar-refractivity contribution in [3.05, 3.63) is 0 Å². The zero-order valence-corrected chi connectivity index (χ0v) is 8.88. The smallest absolute Gasteiger partial charge is 0.550 e. The minimum atomic E-state index is -1.44. The molecule has 0 aliphatic heterocycles. The molecule has 0 rings (SSSR count). The molecule has 58 valence electrons. The summed E-state index contributed by atoms with van der Waals surface area (Å²) < 4.78 is 0. The van der Waals surface area contributed by atoms with Gasteiger partial charge in [0.25, 0.3) is 0 Å². The maximum atomic E-state index is 9.86. The van der Waals surface area contributed by atoms with Crippen molar-refractivity contribution in [3.63, 3.8) is 0 Å². The van der Waals surface area contributed by atoms with Crippen molar-refractivity contribution in [2.45, 2.75) is 18.9 Å². The van der Waals surface area contributed by atoms with Gasteiger partial charge in [0.05, 0.1) is 5.97 Å². The van der Waals surface area contributed by atoms with Crippen LogP contribution in [0.15, 0.2) is 0 Å². The second kappa shape index (κ2) is 6.25. The Morgan fingerprint density at radius 1 is 1.36 bits per heavy atom. The molecule has 0 aliphatic rings. The fourth-order valence-electron chi connectivity index (χ4n) is 0.391. The van der Waals surface area contributed by atoms with Crippen LogP contribution in [0.25, 0.3) is 0 Å². The number of rotatable bonds is 4. The van der Waals surface area contributed by atoms with Crippen molar-refractivity contribution in [3.8, 4) is 0 Å². The Morgan fingerprint density at radius 2 is 1.82 bits per heavy atom. The van der Waals surface area contributed by atoms with Gasteiger partial charge in [0, 0.05) is 12.0 Å². The van der Waals surface area contributed by atoms with Crippen LogP contribution in [0.3, 0.4) is 0 Å². The first-order chi connectivity index (χ1) is 4.54. The van der Waals surface area contributed by atoms with E-state index in [0.717, 1.165) is 0 Å².